The Hall–Kier alpha value is -2.41. The van der Waals surface area contributed by atoms with Crippen LogP contribution in [-0.4, -0.2) is 42.5 Å². The number of aliphatic carboxylic acids is 1. The summed E-state index contributed by atoms with van der Waals surface area (Å²) in [4.78, 5) is 36.0. The van der Waals surface area contributed by atoms with Gasteiger partial charge in [0, 0.05) is 18.3 Å². The zero-order chi connectivity index (χ0) is 15.7. The largest absolute Gasteiger partial charge is 0.481 e. The molecule has 0 spiro atoms. The summed E-state index contributed by atoms with van der Waals surface area (Å²) in [5.74, 6) is -1.87. The van der Waals surface area contributed by atoms with Gasteiger partial charge in [-0.1, -0.05) is 18.2 Å². The Labute approximate surface area is 127 Å². The van der Waals surface area contributed by atoms with Gasteiger partial charge in [-0.05, 0) is 18.1 Å². The van der Waals surface area contributed by atoms with Crippen LogP contribution in [0.5, 0.6) is 0 Å². The van der Waals surface area contributed by atoms with Crippen molar-refractivity contribution in [3.63, 3.8) is 0 Å². The Kier molecular flexibility index (Phi) is 3.81. The lowest BCUT2D eigenvalue weighted by atomic mass is 9.98. The van der Waals surface area contributed by atoms with Gasteiger partial charge in [0.15, 0.2) is 0 Å². The first-order valence-corrected chi connectivity index (χ1v) is 7.17. The maximum Gasteiger partial charge on any atom is 0.307 e. The van der Waals surface area contributed by atoms with E-state index in [1.807, 2.05) is 24.3 Å². The number of rotatable bonds is 3. The molecule has 7 heteroatoms. The molecule has 2 atom stereocenters. The van der Waals surface area contributed by atoms with Crippen molar-refractivity contribution in [2.75, 3.05) is 24.5 Å². The van der Waals surface area contributed by atoms with E-state index in [2.05, 4.69) is 10.6 Å². The number of carboxylic acids is 1. The molecule has 0 bridgehead atoms. The number of anilines is 1. The van der Waals surface area contributed by atoms with E-state index in [1.165, 1.54) is 0 Å². The maximum atomic E-state index is 11.6. The number of benzene rings is 1. The minimum Gasteiger partial charge on any atom is -0.481 e. The first-order valence-electron chi connectivity index (χ1n) is 7.17. The number of nitrogens with one attached hydrogen (secondary N) is 2. The van der Waals surface area contributed by atoms with Gasteiger partial charge in [0.1, 0.15) is 0 Å². The minimum absolute atomic E-state index is 0.0858. The second-order valence-corrected chi connectivity index (χ2v) is 5.62. The molecule has 0 saturated carbocycles. The van der Waals surface area contributed by atoms with Crippen LogP contribution in [0, 0.1) is 5.92 Å². The Morgan fingerprint density at radius 3 is 2.50 bits per heavy atom. The van der Waals surface area contributed by atoms with Crippen molar-refractivity contribution in [3.8, 4) is 0 Å². The van der Waals surface area contributed by atoms with Crippen molar-refractivity contribution in [2.45, 2.75) is 12.5 Å². The average molecular weight is 303 g/mol. The molecular weight excluding hydrogens is 286 g/mol. The van der Waals surface area contributed by atoms with Gasteiger partial charge in [-0.3, -0.25) is 19.7 Å². The Balaban J connectivity index is 1.86. The number of carbonyl (C=O) groups is 3. The SMILES string of the molecule is O=C1CN(c2ccccc2C2CC(C(=O)O)CN2)CC(=O)N1. The molecule has 2 aliphatic rings. The number of nitrogens with zero attached hydrogens (tertiary/aromatic N) is 1. The molecule has 2 unspecified atom stereocenters. The maximum absolute atomic E-state index is 11.6. The van der Waals surface area contributed by atoms with Gasteiger partial charge in [-0.2, -0.15) is 0 Å². The Morgan fingerprint density at radius 2 is 1.86 bits per heavy atom. The van der Waals surface area contributed by atoms with Crippen molar-refractivity contribution < 1.29 is 19.5 Å². The minimum atomic E-state index is -0.806. The molecule has 1 aromatic rings. The number of carboxylic acid groups (broad SMARTS) is 1. The first kappa shape index (κ1) is 14.5. The third-order valence-corrected chi connectivity index (χ3v) is 4.08. The molecule has 22 heavy (non-hydrogen) atoms. The molecular formula is C15H17N3O4. The fraction of sp³-hybridized carbons (Fsp3) is 0.400. The molecule has 2 amide bonds. The summed E-state index contributed by atoms with van der Waals surface area (Å²) in [5, 5.41) is 14.6. The highest BCUT2D eigenvalue weighted by atomic mass is 16.4. The van der Waals surface area contributed by atoms with Gasteiger partial charge in [0.25, 0.3) is 0 Å². The number of para-hydroxylation sites is 1. The normalized spacial score (nSPS) is 25.2. The molecule has 2 aliphatic heterocycles. The summed E-state index contributed by atoms with van der Waals surface area (Å²) in [6, 6.07) is 7.41. The molecule has 2 saturated heterocycles. The molecule has 2 heterocycles. The van der Waals surface area contributed by atoms with Crippen LogP contribution in [0.1, 0.15) is 18.0 Å². The van der Waals surface area contributed by atoms with E-state index in [9.17, 15) is 14.4 Å². The third-order valence-electron chi connectivity index (χ3n) is 4.08. The number of hydrogen-bond acceptors (Lipinski definition) is 5. The van der Waals surface area contributed by atoms with Crippen molar-refractivity contribution in [3.05, 3.63) is 29.8 Å². The van der Waals surface area contributed by atoms with Gasteiger partial charge < -0.3 is 15.3 Å². The van der Waals surface area contributed by atoms with Crippen LogP contribution < -0.4 is 15.5 Å². The van der Waals surface area contributed by atoms with E-state index in [0.717, 1.165) is 11.3 Å². The summed E-state index contributed by atoms with van der Waals surface area (Å²) in [5.41, 5.74) is 1.72. The summed E-state index contributed by atoms with van der Waals surface area (Å²) in [6.07, 6.45) is 0.500. The van der Waals surface area contributed by atoms with Crippen LogP contribution in [0.3, 0.4) is 0 Å². The second-order valence-electron chi connectivity index (χ2n) is 5.62. The van der Waals surface area contributed by atoms with Gasteiger partial charge in [-0.25, -0.2) is 0 Å². The molecule has 7 nitrogen and oxygen atoms in total. The summed E-state index contributed by atoms with van der Waals surface area (Å²) in [6.45, 7) is 0.670. The first-order chi connectivity index (χ1) is 10.5. The van der Waals surface area contributed by atoms with Gasteiger partial charge in [0.05, 0.1) is 19.0 Å². The second kappa shape index (κ2) is 5.76. The average Bonchev–Trinajstić information content (AvgIpc) is 2.96. The summed E-state index contributed by atoms with van der Waals surface area (Å²) < 4.78 is 0. The quantitative estimate of drug-likeness (QED) is 0.674. The fourth-order valence-electron chi connectivity index (χ4n) is 3.04. The predicted molar refractivity (Wildman–Crippen MR) is 78.3 cm³/mol. The number of imide groups is 1. The molecule has 0 radical (unpaired) electrons. The molecule has 1 aromatic carbocycles. The number of piperazine rings is 1. The van der Waals surface area contributed by atoms with Gasteiger partial charge in [-0.15, -0.1) is 0 Å². The van der Waals surface area contributed by atoms with E-state index in [4.69, 9.17) is 5.11 Å². The third kappa shape index (κ3) is 2.80. The van der Waals surface area contributed by atoms with Crippen molar-refractivity contribution in [1.29, 1.82) is 0 Å². The van der Waals surface area contributed by atoms with Crippen LogP contribution in [-0.2, 0) is 14.4 Å². The van der Waals surface area contributed by atoms with E-state index in [0.29, 0.717) is 13.0 Å². The Morgan fingerprint density at radius 1 is 1.18 bits per heavy atom. The molecule has 3 N–H and O–H groups in total. The van der Waals surface area contributed by atoms with Crippen LogP contribution in [0.15, 0.2) is 24.3 Å². The van der Waals surface area contributed by atoms with Crippen molar-refractivity contribution in [1.82, 2.24) is 10.6 Å². The molecule has 0 aliphatic carbocycles. The van der Waals surface area contributed by atoms with Crippen molar-refractivity contribution in [2.24, 2.45) is 5.92 Å². The van der Waals surface area contributed by atoms with Crippen LogP contribution in [0.2, 0.25) is 0 Å². The molecule has 2 fully saturated rings. The highest BCUT2D eigenvalue weighted by Gasteiger charge is 2.33. The predicted octanol–water partition coefficient (Wildman–Crippen LogP) is -0.115. The lowest BCUT2D eigenvalue weighted by Crippen LogP contribution is -2.51. The van der Waals surface area contributed by atoms with Crippen LogP contribution in [0.25, 0.3) is 0 Å². The lowest BCUT2D eigenvalue weighted by Gasteiger charge is -2.30. The zero-order valence-electron chi connectivity index (χ0n) is 11.9. The Bertz CT molecular complexity index is 615. The number of hydrogen-bond donors (Lipinski definition) is 3. The van der Waals surface area contributed by atoms with E-state index in [-0.39, 0.29) is 30.9 Å². The van der Waals surface area contributed by atoms with Crippen LogP contribution >= 0.6 is 0 Å². The molecule has 3 rings (SSSR count). The molecule has 116 valence electrons. The highest BCUT2D eigenvalue weighted by molar-refractivity contribution is 6.02. The number of carbonyl (C=O) groups excluding carboxylic acids is 2. The summed E-state index contributed by atoms with van der Waals surface area (Å²) in [7, 11) is 0. The highest BCUT2D eigenvalue weighted by Crippen LogP contribution is 2.33. The lowest BCUT2D eigenvalue weighted by molar-refractivity contribution is -0.141. The fourth-order valence-corrected chi connectivity index (χ4v) is 3.04. The van der Waals surface area contributed by atoms with E-state index >= 15 is 0 Å². The van der Waals surface area contributed by atoms with E-state index < -0.39 is 11.9 Å². The number of amides is 2. The summed E-state index contributed by atoms with van der Waals surface area (Å²) >= 11 is 0. The molecule has 0 aromatic heterocycles. The van der Waals surface area contributed by atoms with Crippen molar-refractivity contribution >= 4 is 23.5 Å². The monoisotopic (exact) mass is 303 g/mol. The van der Waals surface area contributed by atoms with Crippen LogP contribution in [0.4, 0.5) is 5.69 Å². The topological polar surface area (TPSA) is 98.7 Å². The standard InChI is InChI=1S/C15H17N3O4/c19-13-7-18(8-14(20)17-13)12-4-2-1-3-10(12)11-5-9(6-16-11)15(21)22/h1-4,9,11,16H,5-8H2,(H,21,22)(H,17,19,20). The smallest absolute Gasteiger partial charge is 0.307 e. The van der Waals surface area contributed by atoms with Gasteiger partial charge >= 0.3 is 5.97 Å². The van der Waals surface area contributed by atoms with Gasteiger partial charge in [0.2, 0.25) is 11.8 Å². The zero-order valence-corrected chi connectivity index (χ0v) is 11.9. The van der Waals surface area contributed by atoms with E-state index in [1.54, 1.807) is 4.90 Å².